The molecule has 8 heteroatoms. The number of aryl methyl sites for hydroxylation is 1. The van der Waals surface area contributed by atoms with Crippen molar-refractivity contribution in [3.63, 3.8) is 0 Å². The van der Waals surface area contributed by atoms with Crippen molar-refractivity contribution >= 4 is 16.9 Å². The molecule has 1 saturated heterocycles. The van der Waals surface area contributed by atoms with E-state index in [0.717, 1.165) is 18.5 Å². The van der Waals surface area contributed by atoms with Crippen molar-refractivity contribution in [2.75, 3.05) is 0 Å². The Labute approximate surface area is 181 Å². The smallest absolute Gasteiger partial charge is 0.262 e. The molecule has 2 aromatic heterocycles. The van der Waals surface area contributed by atoms with Gasteiger partial charge in [0, 0.05) is 30.0 Å². The number of nitrogens with zero attached hydrogens (tertiary/aromatic N) is 3. The molecule has 1 aliphatic rings. The highest BCUT2D eigenvalue weighted by Crippen LogP contribution is 2.28. The summed E-state index contributed by atoms with van der Waals surface area (Å²) in [4.78, 5) is 32.5. The third kappa shape index (κ3) is 4.85. The Morgan fingerprint density at radius 2 is 1.84 bits per heavy atom. The number of aromatic nitrogens is 4. The second-order valence-electron chi connectivity index (χ2n) is 9.71. The topological polar surface area (TPSA) is 105 Å². The van der Waals surface area contributed by atoms with Crippen LogP contribution in [0.25, 0.3) is 16.7 Å². The van der Waals surface area contributed by atoms with Crippen LogP contribution >= 0.6 is 0 Å². The van der Waals surface area contributed by atoms with E-state index >= 15 is 0 Å². The predicted octanol–water partition coefficient (Wildman–Crippen LogP) is 2.47. The van der Waals surface area contributed by atoms with Crippen LogP contribution in [0.1, 0.15) is 52.8 Å². The first kappa shape index (κ1) is 21.2. The molecule has 3 heterocycles. The van der Waals surface area contributed by atoms with E-state index in [1.807, 2.05) is 30.3 Å². The highest BCUT2D eigenvalue weighted by Gasteiger charge is 2.38. The second kappa shape index (κ2) is 7.92. The number of hydrogen-bond donors (Lipinski definition) is 3. The van der Waals surface area contributed by atoms with Crippen molar-refractivity contribution in [2.45, 2.75) is 70.5 Å². The molecule has 0 spiro atoms. The quantitative estimate of drug-likeness (QED) is 0.586. The van der Waals surface area contributed by atoms with Gasteiger partial charge in [0.05, 0.1) is 11.9 Å². The van der Waals surface area contributed by atoms with E-state index < -0.39 is 0 Å². The molecule has 4 rings (SSSR count). The molecule has 8 nitrogen and oxygen atoms in total. The number of amides is 1. The molecule has 0 unspecified atom stereocenters. The van der Waals surface area contributed by atoms with Crippen molar-refractivity contribution in [3.05, 3.63) is 52.7 Å². The van der Waals surface area contributed by atoms with Crippen LogP contribution in [0.4, 0.5) is 0 Å². The van der Waals surface area contributed by atoms with Gasteiger partial charge in [-0.3, -0.25) is 9.59 Å². The van der Waals surface area contributed by atoms with E-state index in [4.69, 9.17) is 0 Å². The van der Waals surface area contributed by atoms with Gasteiger partial charge < -0.3 is 15.6 Å². The van der Waals surface area contributed by atoms with Gasteiger partial charge in [-0.05, 0) is 52.7 Å². The summed E-state index contributed by atoms with van der Waals surface area (Å²) in [7, 11) is 0. The fourth-order valence-corrected chi connectivity index (χ4v) is 4.80. The van der Waals surface area contributed by atoms with Crippen molar-refractivity contribution in [3.8, 4) is 5.69 Å². The van der Waals surface area contributed by atoms with Crippen LogP contribution in [-0.4, -0.2) is 42.8 Å². The molecule has 0 radical (unpaired) electrons. The largest absolute Gasteiger partial charge is 0.353 e. The van der Waals surface area contributed by atoms with Crippen LogP contribution in [-0.2, 0) is 11.2 Å². The summed E-state index contributed by atoms with van der Waals surface area (Å²) >= 11 is 0. The summed E-state index contributed by atoms with van der Waals surface area (Å²) in [5.74, 6) is 0.453. The van der Waals surface area contributed by atoms with E-state index in [2.05, 4.69) is 53.4 Å². The van der Waals surface area contributed by atoms with Crippen molar-refractivity contribution in [2.24, 2.45) is 0 Å². The van der Waals surface area contributed by atoms with Crippen LogP contribution < -0.4 is 16.2 Å². The molecule has 31 heavy (non-hydrogen) atoms. The van der Waals surface area contributed by atoms with Crippen LogP contribution in [0, 0.1) is 0 Å². The van der Waals surface area contributed by atoms with Crippen molar-refractivity contribution in [1.29, 1.82) is 0 Å². The minimum absolute atomic E-state index is 0.0298. The summed E-state index contributed by atoms with van der Waals surface area (Å²) in [6, 6.07) is 9.67. The molecule has 0 aliphatic carbocycles. The van der Waals surface area contributed by atoms with Gasteiger partial charge in [-0.2, -0.15) is 5.10 Å². The van der Waals surface area contributed by atoms with Gasteiger partial charge >= 0.3 is 0 Å². The first-order valence-corrected chi connectivity index (χ1v) is 10.7. The number of benzene rings is 1. The minimum Gasteiger partial charge on any atom is -0.353 e. The van der Waals surface area contributed by atoms with Gasteiger partial charge in [0.15, 0.2) is 5.65 Å². The van der Waals surface area contributed by atoms with Gasteiger partial charge in [0.2, 0.25) is 5.91 Å². The van der Waals surface area contributed by atoms with Crippen LogP contribution in [0.2, 0.25) is 0 Å². The third-order valence-corrected chi connectivity index (χ3v) is 5.63. The summed E-state index contributed by atoms with van der Waals surface area (Å²) in [5.41, 5.74) is 1.01. The lowest BCUT2D eigenvalue weighted by molar-refractivity contribution is -0.122. The summed E-state index contributed by atoms with van der Waals surface area (Å²) in [6.45, 7) is 8.64. The Morgan fingerprint density at radius 3 is 2.52 bits per heavy atom. The maximum absolute atomic E-state index is 12.6. The molecule has 1 fully saturated rings. The van der Waals surface area contributed by atoms with E-state index in [9.17, 15) is 9.59 Å². The zero-order chi connectivity index (χ0) is 22.2. The lowest BCUT2D eigenvalue weighted by Gasteiger charge is -2.46. The Balaban J connectivity index is 1.47. The summed E-state index contributed by atoms with van der Waals surface area (Å²) in [5, 5.41) is 11.5. The zero-order valence-corrected chi connectivity index (χ0v) is 18.5. The number of carbonyl (C=O) groups excluding carboxylic acids is 1. The molecule has 1 aliphatic heterocycles. The Bertz CT molecular complexity index is 1130. The molecule has 0 bridgehead atoms. The third-order valence-electron chi connectivity index (χ3n) is 5.63. The van der Waals surface area contributed by atoms with Gasteiger partial charge in [-0.15, -0.1) is 0 Å². The molecule has 0 atom stereocenters. The maximum atomic E-state index is 12.6. The van der Waals surface area contributed by atoms with E-state index in [1.54, 1.807) is 4.68 Å². The molecular formula is C23H30N6O2. The van der Waals surface area contributed by atoms with Crippen LogP contribution in [0.5, 0.6) is 0 Å². The molecule has 3 N–H and O–H groups in total. The number of rotatable bonds is 5. The number of hydrogen-bond acceptors (Lipinski definition) is 5. The summed E-state index contributed by atoms with van der Waals surface area (Å²) < 4.78 is 1.65. The number of aromatic amines is 1. The molecule has 164 valence electrons. The zero-order valence-electron chi connectivity index (χ0n) is 18.5. The monoisotopic (exact) mass is 422 g/mol. The number of carbonyl (C=O) groups is 1. The molecule has 3 aromatic rings. The normalized spacial score (nSPS) is 18.2. The SMILES string of the molecule is CC1(C)CC(NC(=O)CCc2nc3c(cnn3-c3ccccc3)c(=O)[nH]2)CC(C)(C)N1. The fourth-order valence-electron chi connectivity index (χ4n) is 4.80. The van der Waals surface area contributed by atoms with Crippen LogP contribution in [0.3, 0.4) is 0 Å². The molecular weight excluding hydrogens is 392 g/mol. The lowest BCUT2D eigenvalue weighted by Crippen LogP contribution is -2.62. The first-order chi connectivity index (χ1) is 14.6. The number of H-pyrrole nitrogens is 1. The number of nitrogens with one attached hydrogen (secondary N) is 3. The number of para-hydroxylation sites is 1. The van der Waals surface area contributed by atoms with Crippen molar-refractivity contribution in [1.82, 2.24) is 30.4 Å². The standard InChI is InChI=1S/C23H30N6O2/c1-22(2)12-15(13-23(3,4)28-22)25-19(30)11-10-18-26-20-17(21(31)27-18)14-24-29(20)16-8-6-5-7-9-16/h5-9,14-15,28H,10-13H2,1-4H3,(H,25,30)(H,26,27,31). The molecule has 1 aromatic carbocycles. The highest BCUT2D eigenvalue weighted by molar-refractivity contribution is 5.77. The predicted molar refractivity (Wildman–Crippen MR) is 120 cm³/mol. The van der Waals surface area contributed by atoms with Gasteiger partial charge in [-0.1, -0.05) is 18.2 Å². The number of piperidine rings is 1. The van der Waals surface area contributed by atoms with Crippen LogP contribution in [0.15, 0.2) is 41.3 Å². The first-order valence-electron chi connectivity index (χ1n) is 10.7. The molecule has 1 amide bonds. The van der Waals surface area contributed by atoms with E-state index in [1.165, 1.54) is 6.20 Å². The Morgan fingerprint density at radius 1 is 1.16 bits per heavy atom. The van der Waals surface area contributed by atoms with E-state index in [-0.39, 0.29) is 35.0 Å². The average Bonchev–Trinajstić information content (AvgIpc) is 3.09. The van der Waals surface area contributed by atoms with Gasteiger partial charge in [-0.25, -0.2) is 9.67 Å². The summed E-state index contributed by atoms with van der Waals surface area (Å²) in [6.07, 6.45) is 3.89. The highest BCUT2D eigenvalue weighted by atomic mass is 16.1. The minimum atomic E-state index is -0.246. The van der Waals surface area contributed by atoms with Crippen molar-refractivity contribution < 1.29 is 4.79 Å². The second-order valence-corrected chi connectivity index (χ2v) is 9.71. The van der Waals surface area contributed by atoms with E-state index in [0.29, 0.717) is 23.3 Å². The molecule has 0 saturated carbocycles. The lowest BCUT2D eigenvalue weighted by atomic mass is 9.79. The number of fused-ring (bicyclic) bond motifs is 1. The fraction of sp³-hybridized carbons (Fsp3) is 0.478. The van der Waals surface area contributed by atoms with Gasteiger partial charge in [0.25, 0.3) is 5.56 Å². The maximum Gasteiger partial charge on any atom is 0.262 e. The average molecular weight is 423 g/mol. The Hall–Kier alpha value is -3.00. The Kier molecular flexibility index (Phi) is 5.43. The van der Waals surface area contributed by atoms with Gasteiger partial charge in [0.1, 0.15) is 11.2 Å².